The molecular formula is C9H15NO2. The number of aliphatic hydroxyl groups is 1. The fourth-order valence-corrected chi connectivity index (χ4v) is 1.36. The third-order valence-electron chi connectivity index (χ3n) is 2.09. The lowest BCUT2D eigenvalue weighted by atomic mass is 9.80. The Kier molecular flexibility index (Phi) is 2.40. The third-order valence-corrected chi connectivity index (χ3v) is 2.09. The van der Waals surface area contributed by atoms with Gasteiger partial charge in [0, 0.05) is 18.3 Å². The molecule has 0 bridgehead atoms. The Morgan fingerprint density at radius 3 is 2.75 bits per heavy atom. The van der Waals surface area contributed by atoms with Crippen LogP contribution in [0.1, 0.15) is 26.7 Å². The van der Waals surface area contributed by atoms with Gasteiger partial charge < -0.3 is 9.94 Å². The molecule has 0 saturated carbocycles. The molecule has 0 radical (unpaired) electrons. The molecule has 0 aromatic carbocycles. The van der Waals surface area contributed by atoms with E-state index in [1.807, 2.05) is 13.8 Å². The number of hydrogen-bond acceptors (Lipinski definition) is 3. The molecule has 68 valence electrons. The number of oxime groups is 1. The summed E-state index contributed by atoms with van der Waals surface area (Å²) in [6, 6.07) is 0. The van der Waals surface area contributed by atoms with E-state index >= 15 is 0 Å². The van der Waals surface area contributed by atoms with Crippen molar-refractivity contribution in [1.29, 1.82) is 0 Å². The fourth-order valence-electron chi connectivity index (χ4n) is 1.36. The maximum absolute atomic E-state index is 9.49. The molecule has 0 fully saturated rings. The Morgan fingerprint density at radius 1 is 1.58 bits per heavy atom. The van der Waals surface area contributed by atoms with Crippen molar-refractivity contribution in [3.05, 3.63) is 11.8 Å². The minimum Gasteiger partial charge on any atom is -0.512 e. The molecule has 1 aliphatic rings. The molecule has 3 nitrogen and oxygen atoms in total. The van der Waals surface area contributed by atoms with Crippen LogP contribution in [0.15, 0.2) is 17.0 Å². The molecule has 0 saturated heterocycles. The summed E-state index contributed by atoms with van der Waals surface area (Å²) in [6.45, 7) is 3.98. The van der Waals surface area contributed by atoms with E-state index in [2.05, 4.69) is 9.99 Å². The Hall–Kier alpha value is -0.990. The smallest absolute Gasteiger partial charge is 0.106 e. The summed E-state index contributed by atoms with van der Waals surface area (Å²) in [5, 5.41) is 13.4. The highest BCUT2D eigenvalue weighted by Gasteiger charge is 2.28. The molecule has 0 spiro atoms. The monoisotopic (exact) mass is 169 g/mol. The van der Waals surface area contributed by atoms with Crippen LogP contribution < -0.4 is 0 Å². The van der Waals surface area contributed by atoms with Gasteiger partial charge in [0.25, 0.3) is 0 Å². The molecule has 0 aliphatic heterocycles. The van der Waals surface area contributed by atoms with Crippen molar-refractivity contribution in [3.8, 4) is 0 Å². The molecule has 3 heteroatoms. The summed E-state index contributed by atoms with van der Waals surface area (Å²) in [4.78, 5) is 4.69. The van der Waals surface area contributed by atoms with E-state index in [9.17, 15) is 5.11 Å². The first-order valence-electron chi connectivity index (χ1n) is 4.05. The summed E-state index contributed by atoms with van der Waals surface area (Å²) >= 11 is 0. The van der Waals surface area contributed by atoms with E-state index in [1.54, 1.807) is 6.08 Å². The quantitative estimate of drug-likeness (QED) is 0.612. The Morgan fingerprint density at radius 2 is 2.25 bits per heavy atom. The zero-order valence-electron chi connectivity index (χ0n) is 7.79. The van der Waals surface area contributed by atoms with Gasteiger partial charge >= 0.3 is 0 Å². The van der Waals surface area contributed by atoms with E-state index in [-0.39, 0.29) is 5.41 Å². The number of hydrogen-bond donors (Lipinski definition) is 1. The maximum Gasteiger partial charge on any atom is 0.106 e. The standard InChI is InChI=1S/C9H15NO2/c1-9(2)6-7(10-12-3)4-5-8(9)11/h5,11H,4,6H2,1-3H3. The van der Waals surface area contributed by atoms with Crippen LogP contribution in [0.25, 0.3) is 0 Å². The molecule has 0 heterocycles. The predicted molar refractivity (Wildman–Crippen MR) is 48.2 cm³/mol. The van der Waals surface area contributed by atoms with E-state index in [0.29, 0.717) is 12.2 Å². The Labute approximate surface area is 72.7 Å². The van der Waals surface area contributed by atoms with Gasteiger partial charge in [-0.2, -0.15) is 0 Å². The summed E-state index contributed by atoms with van der Waals surface area (Å²) in [5.41, 5.74) is 0.801. The molecule has 1 N–H and O–H groups in total. The second kappa shape index (κ2) is 3.17. The van der Waals surface area contributed by atoms with Gasteiger partial charge in [-0.1, -0.05) is 19.0 Å². The molecule has 0 unspecified atom stereocenters. The molecular weight excluding hydrogens is 154 g/mol. The first-order valence-corrected chi connectivity index (χ1v) is 4.05. The summed E-state index contributed by atoms with van der Waals surface area (Å²) in [6.07, 6.45) is 3.26. The van der Waals surface area contributed by atoms with Crippen LogP contribution in [0, 0.1) is 5.41 Å². The predicted octanol–water partition coefficient (Wildman–Crippen LogP) is 2.25. The summed E-state index contributed by atoms with van der Waals surface area (Å²) in [7, 11) is 1.54. The first kappa shape index (κ1) is 9.10. The van der Waals surface area contributed by atoms with Crippen molar-refractivity contribution in [3.63, 3.8) is 0 Å². The van der Waals surface area contributed by atoms with E-state index in [4.69, 9.17) is 0 Å². The van der Waals surface area contributed by atoms with Gasteiger partial charge in [0.15, 0.2) is 0 Å². The molecule has 1 rings (SSSR count). The van der Waals surface area contributed by atoms with Crippen molar-refractivity contribution >= 4 is 5.71 Å². The van der Waals surface area contributed by atoms with Crippen LogP contribution in [0.5, 0.6) is 0 Å². The Bertz CT molecular complexity index is 229. The second-order valence-electron chi connectivity index (χ2n) is 3.69. The average Bonchev–Trinajstić information content (AvgIpc) is 1.97. The molecule has 0 aromatic rings. The highest BCUT2D eigenvalue weighted by molar-refractivity contribution is 5.87. The molecule has 0 atom stereocenters. The average molecular weight is 169 g/mol. The van der Waals surface area contributed by atoms with Gasteiger partial charge in [-0.3, -0.25) is 0 Å². The van der Waals surface area contributed by atoms with Gasteiger partial charge in [-0.15, -0.1) is 0 Å². The first-order chi connectivity index (χ1) is 5.56. The van der Waals surface area contributed by atoms with Gasteiger partial charge in [0.05, 0.1) is 11.5 Å². The summed E-state index contributed by atoms with van der Waals surface area (Å²) < 4.78 is 0. The van der Waals surface area contributed by atoms with Crippen LogP contribution in [0.2, 0.25) is 0 Å². The van der Waals surface area contributed by atoms with Crippen LogP contribution in [-0.4, -0.2) is 17.9 Å². The molecule has 1 aliphatic carbocycles. The van der Waals surface area contributed by atoms with Crippen molar-refractivity contribution < 1.29 is 9.94 Å². The zero-order valence-corrected chi connectivity index (χ0v) is 7.79. The molecule has 0 amide bonds. The van der Waals surface area contributed by atoms with E-state index in [1.165, 1.54) is 7.11 Å². The van der Waals surface area contributed by atoms with Crippen molar-refractivity contribution in [2.45, 2.75) is 26.7 Å². The Balaban J connectivity index is 2.79. The van der Waals surface area contributed by atoms with E-state index < -0.39 is 0 Å². The number of aliphatic hydroxyl groups excluding tert-OH is 1. The zero-order chi connectivity index (χ0) is 9.19. The van der Waals surface area contributed by atoms with Crippen LogP contribution in [0.3, 0.4) is 0 Å². The third kappa shape index (κ3) is 1.78. The van der Waals surface area contributed by atoms with Crippen LogP contribution >= 0.6 is 0 Å². The largest absolute Gasteiger partial charge is 0.512 e. The van der Waals surface area contributed by atoms with E-state index in [0.717, 1.165) is 12.1 Å². The van der Waals surface area contributed by atoms with Crippen LogP contribution in [0.4, 0.5) is 0 Å². The fraction of sp³-hybridized carbons (Fsp3) is 0.667. The minimum absolute atomic E-state index is 0.185. The highest BCUT2D eigenvalue weighted by Crippen LogP contribution is 2.33. The molecule has 12 heavy (non-hydrogen) atoms. The van der Waals surface area contributed by atoms with Gasteiger partial charge in [0.1, 0.15) is 7.11 Å². The lowest BCUT2D eigenvalue weighted by Gasteiger charge is -2.27. The maximum atomic E-state index is 9.49. The molecule has 0 aromatic heterocycles. The lowest BCUT2D eigenvalue weighted by Crippen LogP contribution is -2.23. The number of nitrogens with zero attached hydrogens (tertiary/aromatic N) is 1. The second-order valence-corrected chi connectivity index (χ2v) is 3.69. The SMILES string of the molecule is CON=C1CC=C(O)C(C)(C)C1. The van der Waals surface area contributed by atoms with Crippen molar-refractivity contribution in [2.75, 3.05) is 7.11 Å². The minimum atomic E-state index is -0.185. The van der Waals surface area contributed by atoms with Crippen molar-refractivity contribution in [2.24, 2.45) is 10.6 Å². The summed E-state index contributed by atoms with van der Waals surface area (Å²) in [5.74, 6) is 0.456. The lowest BCUT2D eigenvalue weighted by molar-refractivity contribution is 0.205. The highest BCUT2D eigenvalue weighted by atomic mass is 16.6. The number of rotatable bonds is 1. The van der Waals surface area contributed by atoms with Crippen molar-refractivity contribution in [1.82, 2.24) is 0 Å². The van der Waals surface area contributed by atoms with Gasteiger partial charge in [-0.25, -0.2) is 0 Å². The van der Waals surface area contributed by atoms with Gasteiger partial charge in [0.2, 0.25) is 0 Å². The normalized spacial score (nSPS) is 25.2. The van der Waals surface area contributed by atoms with Gasteiger partial charge in [-0.05, 0) is 6.08 Å². The topological polar surface area (TPSA) is 41.8 Å². The van der Waals surface area contributed by atoms with Crippen LogP contribution in [-0.2, 0) is 4.84 Å². The number of allylic oxidation sites excluding steroid dienone is 2.